The van der Waals surface area contributed by atoms with Gasteiger partial charge in [-0.05, 0) is 50.6 Å². The Kier molecular flexibility index (Phi) is 5.85. The summed E-state index contributed by atoms with van der Waals surface area (Å²) in [4.78, 5) is 2.30. The maximum Gasteiger partial charge on any atom is 0.119 e. The first kappa shape index (κ1) is 14.8. The standard InChI is InChI=1S/C16H22N2O2/c1-18(13-16-4-2-10-20-16)9-3-11-19-15-7-5-14(12-17)6-8-15/h5-8,16H,2-4,9-11,13H2,1H3. The van der Waals surface area contributed by atoms with Crippen LogP contribution < -0.4 is 4.74 Å². The lowest BCUT2D eigenvalue weighted by Crippen LogP contribution is -2.30. The van der Waals surface area contributed by atoms with Crippen LogP contribution in [-0.4, -0.2) is 44.4 Å². The minimum absolute atomic E-state index is 0.416. The van der Waals surface area contributed by atoms with E-state index in [0.717, 1.165) is 31.9 Å². The molecule has 4 heteroatoms. The van der Waals surface area contributed by atoms with Crippen molar-refractivity contribution in [3.05, 3.63) is 29.8 Å². The van der Waals surface area contributed by atoms with E-state index in [-0.39, 0.29) is 0 Å². The molecule has 1 aromatic carbocycles. The Labute approximate surface area is 120 Å². The van der Waals surface area contributed by atoms with E-state index in [1.807, 2.05) is 12.1 Å². The molecule has 1 aliphatic rings. The SMILES string of the molecule is CN(CCCOc1ccc(C#N)cc1)CC1CCCO1. The fourth-order valence-electron chi connectivity index (χ4n) is 2.38. The summed E-state index contributed by atoms with van der Waals surface area (Å²) in [6.45, 7) is 3.63. The van der Waals surface area contributed by atoms with Gasteiger partial charge in [0.2, 0.25) is 0 Å². The Morgan fingerprint density at radius 1 is 1.40 bits per heavy atom. The summed E-state index contributed by atoms with van der Waals surface area (Å²) >= 11 is 0. The maximum atomic E-state index is 8.71. The zero-order chi connectivity index (χ0) is 14.2. The summed E-state index contributed by atoms with van der Waals surface area (Å²) in [6.07, 6.45) is 3.79. The summed E-state index contributed by atoms with van der Waals surface area (Å²) in [5, 5.41) is 8.71. The van der Waals surface area contributed by atoms with Crippen LogP contribution in [-0.2, 0) is 4.74 Å². The number of nitrogens with zero attached hydrogens (tertiary/aromatic N) is 2. The summed E-state index contributed by atoms with van der Waals surface area (Å²) < 4.78 is 11.3. The Hall–Kier alpha value is -1.57. The van der Waals surface area contributed by atoms with Crippen molar-refractivity contribution in [2.45, 2.75) is 25.4 Å². The minimum Gasteiger partial charge on any atom is -0.494 e. The molecule has 0 radical (unpaired) electrons. The average molecular weight is 274 g/mol. The van der Waals surface area contributed by atoms with Crippen LogP contribution in [0.5, 0.6) is 5.75 Å². The third-order valence-corrected chi connectivity index (χ3v) is 3.48. The molecule has 1 saturated heterocycles. The molecule has 0 N–H and O–H groups in total. The topological polar surface area (TPSA) is 45.5 Å². The summed E-state index contributed by atoms with van der Waals surface area (Å²) in [5.41, 5.74) is 0.661. The van der Waals surface area contributed by atoms with Crippen LogP contribution in [0.25, 0.3) is 0 Å². The van der Waals surface area contributed by atoms with Crippen molar-refractivity contribution in [2.24, 2.45) is 0 Å². The van der Waals surface area contributed by atoms with E-state index in [9.17, 15) is 0 Å². The monoisotopic (exact) mass is 274 g/mol. The average Bonchev–Trinajstić information content (AvgIpc) is 2.97. The van der Waals surface area contributed by atoms with Gasteiger partial charge in [0.25, 0.3) is 0 Å². The van der Waals surface area contributed by atoms with E-state index in [1.165, 1.54) is 12.8 Å². The molecule has 0 spiro atoms. The molecule has 2 rings (SSSR count). The molecule has 0 aliphatic carbocycles. The number of likely N-dealkylation sites (N-methyl/N-ethyl adjacent to an activating group) is 1. The van der Waals surface area contributed by atoms with Crippen molar-refractivity contribution in [2.75, 3.05) is 33.4 Å². The van der Waals surface area contributed by atoms with Gasteiger partial charge < -0.3 is 14.4 Å². The lowest BCUT2D eigenvalue weighted by atomic mass is 10.2. The van der Waals surface area contributed by atoms with Gasteiger partial charge in [-0.25, -0.2) is 0 Å². The molecule has 4 nitrogen and oxygen atoms in total. The zero-order valence-electron chi connectivity index (χ0n) is 12.0. The van der Waals surface area contributed by atoms with E-state index in [1.54, 1.807) is 12.1 Å². The van der Waals surface area contributed by atoms with Gasteiger partial charge in [-0.1, -0.05) is 0 Å². The Balaban J connectivity index is 1.59. The molecule has 0 bridgehead atoms. The van der Waals surface area contributed by atoms with Gasteiger partial charge in [0, 0.05) is 19.7 Å². The smallest absolute Gasteiger partial charge is 0.119 e. The number of rotatable bonds is 7. The molecule has 108 valence electrons. The molecule has 1 unspecified atom stereocenters. The number of benzene rings is 1. The fourth-order valence-corrected chi connectivity index (χ4v) is 2.38. The normalized spacial score (nSPS) is 18.1. The number of hydrogen-bond acceptors (Lipinski definition) is 4. The molecule has 1 fully saturated rings. The van der Waals surface area contributed by atoms with E-state index < -0.39 is 0 Å². The van der Waals surface area contributed by atoms with E-state index in [2.05, 4.69) is 18.0 Å². The van der Waals surface area contributed by atoms with Crippen LogP contribution in [0.15, 0.2) is 24.3 Å². The second kappa shape index (κ2) is 7.88. The van der Waals surface area contributed by atoms with Gasteiger partial charge in [0.1, 0.15) is 5.75 Å². The second-order valence-corrected chi connectivity index (χ2v) is 5.24. The van der Waals surface area contributed by atoms with Gasteiger partial charge >= 0.3 is 0 Å². The first-order valence-electron chi connectivity index (χ1n) is 7.21. The molecular formula is C16H22N2O2. The van der Waals surface area contributed by atoms with Crippen LogP contribution in [0.4, 0.5) is 0 Å². The fraction of sp³-hybridized carbons (Fsp3) is 0.562. The largest absolute Gasteiger partial charge is 0.494 e. The number of hydrogen-bond donors (Lipinski definition) is 0. The molecule has 0 saturated carbocycles. The lowest BCUT2D eigenvalue weighted by molar-refractivity contribution is 0.0797. The van der Waals surface area contributed by atoms with Crippen molar-refractivity contribution in [3.8, 4) is 11.8 Å². The second-order valence-electron chi connectivity index (χ2n) is 5.24. The third-order valence-electron chi connectivity index (χ3n) is 3.48. The molecule has 0 aromatic heterocycles. The van der Waals surface area contributed by atoms with Crippen molar-refractivity contribution in [3.63, 3.8) is 0 Å². The number of nitriles is 1. The highest BCUT2D eigenvalue weighted by atomic mass is 16.5. The molecule has 20 heavy (non-hydrogen) atoms. The minimum atomic E-state index is 0.416. The van der Waals surface area contributed by atoms with E-state index in [4.69, 9.17) is 14.7 Å². The zero-order valence-corrected chi connectivity index (χ0v) is 12.0. The Morgan fingerprint density at radius 2 is 2.20 bits per heavy atom. The van der Waals surface area contributed by atoms with E-state index in [0.29, 0.717) is 18.3 Å². The van der Waals surface area contributed by atoms with Gasteiger partial charge in [-0.15, -0.1) is 0 Å². The summed E-state index contributed by atoms with van der Waals surface area (Å²) in [5.74, 6) is 0.825. The maximum absolute atomic E-state index is 8.71. The van der Waals surface area contributed by atoms with Crippen LogP contribution in [0, 0.1) is 11.3 Å². The van der Waals surface area contributed by atoms with Crippen LogP contribution in [0.3, 0.4) is 0 Å². The Morgan fingerprint density at radius 3 is 2.85 bits per heavy atom. The first-order valence-corrected chi connectivity index (χ1v) is 7.21. The Bertz CT molecular complexity index is 433. The molecule has 1 heterocycles. The van der Waals surface area contributed by atoms with Gasteiger partial charge in [0.15, 0.2) is 0 Å². The van der Waals surface area contributed by atoms with Crippen LogP contribution in [0.2, 0.25) is 0 Å². The van der Waals surface area contributed by atoms with Crippen molar-refractivity contribution in [1.82, 2.24) is 4.90 Å². The van der Waals surface area contributed by atoms with Gasteiger partial charge in [0.05, 0.1) is 24.3 Å². The van der Waals surface area contributed by atoms with Crippen molar-refractivity contribution in [1.29, 1.82) is 5.26 Å². The summed E-state index contributed by atoms with van der Waals surface area (Å²) in [6, 6.07) is 9.33. The molecule has 1 aromatic rings. The van der Waals surface area contributed by atoms with Gasteiger partial charge in [-0.2, -0.15) is 5.26 Å². The molecular weight excluding hydrogens is 252 g/mol. The predicted molar refractivity (Wildman–Crippen MR) is 77.7 cm³/mol. The number of ether oxygens (including phenoxy) is 2. The molecule has 1 atom stereocenters. The highest BCUT2D eigenvalue weighted by Crippen LogP contribution is 2.13. The molecule has 0 amide bonds. The third kappa shape index (κ3) is 4.84. The van der Waals surface area contributed by atoms with Crippen molar-refractivity contribution >= 4 is 0 Å². The highest BCUT2D eigenvalue weighted by Gasteiger charge is 2.16. The lowest BCUT2D eigenvalue weighted by Gasteiger charge is -2.20. The molecule has 1 aliphatic heterocycles. The highest BCUT2D eigenvalue weighted by molar-refractivity contribution is 5.34. The summed E-state index contributed by atoms with van der Waals surface area (Å²) in [7, 11) is 2.13. The van der Waals surface area contributed by atoms with Crippen molar-refractivity contribution < 1.29 is 9.47 Å². The van der Waals surface area contributed by atoms with Gasteiger partial charge in [-0.3, -0.25) is 0 Å². The van der Waals surface area contributed by atoms with Crippen LogP contribution >= 0.6 is 0 Å². The van der Waals surface area contributed by atoms with Crippen LogP contribution in [0.1, 0.15) is 24.8 Å². The van der Waals surface area contributed by atoms with E-state index >= 15 is 0 Å². The predicted octanol–water partition coefficient (Wildman–Crippen LogP) is 2.44. The quantitative estimate of drug-likeness (QED) is 0.716. The first-order chi connectivity index (χ1) is 9.78.